The molecule has 0 spiro atoms. The molecule has 2 unspecified atom stereocenters. The molecule has 4 rings (SSSR count). The summed E-state index contributed by atoms with van der Waals surface area (Å²) in [6.45, 7) is 3.85. The first-order valence-corrected chi connectivity index (χ1v) is 7.99. The number of hydrogen-bond acceptors (Lipinski definition) is 4. The Kier molecular flexibility index (Phi) is 3.15. The van der Waals surface area contributed by atoms with Crippen LogP contribution < -0.4 is 5.56 Å². The number of fused-ring (bicyclic) bond motifs is 2. The zero-order valence-corrected chi connectivity index (χ0v) is 13.9. The van der Waals surface area contributed by atoms with Crippen LogP contribution in [0, 0.1) is 5.92 Å². The monoisotopic (exact) mass is 325 g/mol. The minimum Gasteiger partial charge on any atom is -0.362 e. The molecular formula is C18H19N3O3. The molecule has 124 valence electrons. The Hall–Kier alpha value is -2.47. The van der Waals surface area contributed by atoms with E-state index in [1.54, 1.807) is 25.6 Å². The first-order valence-electron chi connectivity index (χ1n) is 7.99. The van der Waals surface area contributed by atoms with Crippen LogP contribution in [0.3, 0.4) is 0 Å². The molecule has 0 aliphatic carbocycles. The molecule has 6 heteroatoms. The number of nitrogens with one attached hydrogen (secondary N) is 1. The fourth-order valence-corrected chi connectivity index (χ4v) is 3.67. The third-order valence-electron chi connectivity index (χ3n) is 4.94. The lowest BCUT2D eigenvalue weighted by molar-refractivity contribution is -0.144. The Bertz CT molecular complexity index is 905. The third kappa shape index (κ3) is 2.03. The van der Waals surface area contributed by atoms with Gasteiger partial charge in [0.25, 0.3) is 5.56 Å². The normalized spacial score (nSPS) is 25.0. The summed E-state index contributed by atoms with van der Waals surface area (Å²) in [4.78, 5) is 30.2. The predicted molar refractivity (Wildman–Crippen MR) is 89.9 cm³/mol. The molecular weight excluding hydrogens is 306 g/mol. The van der Waals surface area contributed by atoms with Crippen LogP contribution in [0.4, 0.5) is 5.82 Å². The Balaban J connectivity index is 1.99. The van der Waals surface area contributed by atoms with E-state index in [0.29, 0.717) is 23.7 Å². The van der Waals surface area contributed by atoms with Gasteiger partial charge in [0.2, 0.25) is 0 Å². The van der Waals surface area contributed by atoms with Gasteiger partial charge in [0.05, 0.1) is 23.8 Å². The number of carbonyl (C=O) groups excluding carboxylic acids is 1. The number of rotatable bonds is 1. The summed E-state index contributed by atoms with van der Waals surface area (Å²) in [5.41, 5.74) is 1.12. The fraction of sp³-hybridized carbons (Fsp3) is 0.389. The molecule has 1 N–H and O–H groups in total. The first kappa shape index (κ1) is 15.1. The highest BCUT2D eigenvalue weighted by molar-refractivity contribution is 6.13. The zero-order valence-electron chi connectivity index (χ0n) is 13.9. The molecule has 0 amide bonds. The average molecular weight is 325 g/mol. The molecule has 6 nitrogen and oxygen atoms in total. The lowest BCUT2D eigenvalue weighted by Gasteiger charge is -2.40. The molecule has 0 bridgehead atoms. The van der Waals surface area contributed by atoms with E-state index in [1.807, 2.05) is 30.3 Å². The average Bonchev–Trinajstić information content (AvgIpc) is 2.85. The van der Waals surface area contributed by atoms with Gasteiger partial charge < -0.3 is 4.74 Å². The number of carbonyl (C=O) groups is 1. The molecule has 2 atom stereocenters. The van der Waals surface area contributed by atoms with E-state index >= 15 is 0 Å². The van der Waals surface area contributed by atoms with Gasteiger partial charge in [-0.25, -0.2) is 4.99 Å². The predicted octanol–water partition coefficient (Wildman–Crippen LogP) is 1.93. The van der Waals surface area contributed by atoms with Crippen molar-refractivity contribution in [1.29, 1.82) is 0 Å². The van der Waals surface area contributed by atoms with Gasteiger partial charge in [-0.05, 0) is 19.4 Å². The van der Waals surface area contributed by atoms with Crippen molar-refractivity contribution >= 4 is 17.3 Å². The van der Waals surface area contributed by atoms with Crippen molar-refractivity contribution in [1.82, 2.24) is 9.78 Å². The number of Topliss-reactive ketones (excluding diaryl/α,β-unsaturated/α-hetero) is 1. The van der Waals surface area contributed by atoms with Gasteiger partial charge in [0, 0.05) is 13.0 Å². The van der Waals surface area contributed by atoms with E-state index in [1.165, 1.54) is 0 Å². The second kappa shape index (κ2) is 5.01. The van der Waals surface area contributed by atoms with E-state index < -0.39 is 11.5 Å². The van der Waals surface area contributed by atoms with Gasteiger partial charge in [-0.3, -0.25) is 19.4 Å². The highest BCUT2D eigenvalue weighted by Crippen LogP contribution is 2.44. The van der Waals surface area contributed by atoms with Gasteiger partial charge in [-0.15, -0.1) is 0 Å². The number of aryl methyl sites for hydroxylation is 1. The molecule has 1 saturated heterocycles. The summed E-state index contributed by atoms with van der Waals surface area (Å²) in [6, 6.07) is 9.69. The van der Waals surface area contributed by atoms with Crippen LogP contribution in [0.2, 0.25) is 0 Å². The van der Waals surface area contributed by atoms with Crippen LogP contribution in [-0.4, -0.2) is 33.5 Å². The smallest absolute Gasteiger partial charge is 0.270 e. The molecule has 1 aromatic carbocycles. The molecule has 3 heterocycles. The number of H-pyrrole nitrogens is 1. The maximum Gasteiger partial charge on any atom is 0.270 e. The molecule has 1 aromatic heterocycles. The third-order valence-corrected chi connectivity index (χ3v) is 4.94. The molecule has 0 saturated carbocycles. The van der Waals surface area contributed by atoms with E-state index in [-0.39, 0.29) is 17.3 Å². The topological polar surface area (TPSA) is 76.4 Å². The second-order valence-corrected chi connectivity index (χ2v) is 6.87. The minimum atomic E-state index is -0.879. The Morgan fingerprint density at radius 3 is 2.62 bits per heavy atom. The zero-order chi connectivity index (χ0) is 17.1. The molecule has 2 aliphatic heterocycles. The number of hydrogen-bond donors (Lipinski definition) is 1. The maximum absolute atomic E-state index is 13.1. The first-order chi connectivity index (χ1) is 11.4. The number of nitrogens with zero attached hydrogens (tertiary/aromatic N) is 2. The summed E-state index contributed by atoms with van der Waals surface area (Å²) in [7, 11) is 1.75. The number of aliphatic imine (C=N–C) groups is 1. The lowest BCUT2D eigenvalue weighted by Crippen LogP contribution is -2.53. The highest BCUT2D eigenvalue weighted by atomic mass is 16.5. The van der Waals surface area contributed by atoms with Crippen LogP contribution in [0.25, 0.3) is 0 Å². The molecule has 2 aliphatic rings. The summed E-state index contributed by atoms with van der Waals surface area (Å²) in [6.07, 6.45) is 0. The van der Waals surface area contributed by atoms with E-state index in [9.17, 15) is 9.59 Å². The van der Waals surface area contributed by atoms with E-state index in [4.69, 9.17) is 4.74 Å². The van der Waals surface area contributed by atoms with Crippen molar-refractivity contribution in [2.24, 2.45) is 18.0 Å². The quantitative estimate of drug-likeness (QED) is 0.870. The Labute approximate surface area is 139 Å². The molecule has 1 fully saturated rings. The van der Waals surface area contributed by atoms with Gasteiger partial charge in [0.1, 0.15) is 5.60 Å². The van der Waals surface area contributed by atoms with Gasteiger partial charge >= 0.3 is 0 Å². The van der Waals surface area contributed by atoms with E-state index in [0.717, 1.165) is 5.56 Å². The van der Waals surface area contributed by atoms with Crippen molar-refractivity contribution in [2.45, 2.75) is 25.4 Å². The standard InChI is InChI=1S/C18H19N3O3/c1-18(2)15(22)13-11(9-24-18)19-16-14(17(23)20-21(16)3)12(13)10-7-5-4-6-8-10/h4-8,12-13H,9H2,1-3H3,(H,20,23). The number of aromatic amines is 1. The highest BCUT2D eigenvalue weighted by Gasteiger charge is 2.50. The number of ketones is 1. The summed E-state index contributed by atoms with van der Waals surface area (Å²) in [5, 5.41) is 2.76. The van der Waals surface area contributed by atoms with Crippen molar-refractivity contribution in [3.63, 3.8) is 0 Å². The molecule has 0 radical (unpaired) electrons. The summed E-state index contributed by atoms with van der Waals surface area (Å²) < 4.78 is 7.33. The SMILES string of the molecule is Cn1[nH]c(=O)c2c1N=C1COC(C)(C)C(=O)C1C2c1ccccc1. The fourth-order valence-electron chi connectivity index (χ4n) is 3.67. The Morgan fingerprint density at radius 1 is 1.21 bits per heavy atom. The summed E-state index contributed by atoms with van der Waals surface area (Å²) in [5.74, 6) is -0.257. The van der Waals surface area contributed by atoms with Crippen molar-refractivity contribution < 1.29 is 9.53 Å². The second-order valence-electron chi connectivity index (χ2n) is 6.87. The van der Waals surface area contributed by atoms with Crippen LogP contribution in [0.5, 0.6) is 0 Å². The van der Waals surface area contributed by atoms with Crippen molar-refractivity contribution in [2.75, 3.05) is 6.61 Å². The molecule has 2 aromatic rings. The van der Waals surface area contributed by atoms with Gasteiger partial charge in [0.15, 0.2) is 11.6 Å². The minimum absolute atomic E-state index is 0.0322. The van der Waals surface area contributed by atoms with Crippen molar-refractivity contribution in [3.05, 3.63) is 51.8 Å². The number of benzene rings is 1. The van der Waals surface area contributed by atoms with E-state index in [2.05, 4.69) is 10.1 Å². The van der Waals surface area contributed by atoms with Crippen LogP contribution in [-0.2, 0) is 16.6 Å². The van der Waals surface area contributed by atoms with Crippen LogP contribution in [0.15, 0.2) is 40.1 Å². The van der Waals surface area contributed by atoms with Gasteiger partial charge in [-0.2, -0.15) is 0 Å². The van der Waals surface area contributed by atoms with Crippen molar-refractivity contribution in [3.8, 4) is 0 Å². The molecule has 24 heavy (non-hydrogen) atoms. The number of ether oxygens (including phenoxy) is 1. The largest absolute Gasteiger partial charge is 0.362 e. The number of aromatic nitrogens is 2. The Morgan fingerprint density at radius 2 is 1.92 bits per heavy atom. The lowest BCUT2D eigenvalue weighted by atomic mass is 9.71. The summed E-state index contributed by atoms with van der Waals surface area (Å²) >= 11 is 0. The van der Waals surface area contributed by atoms with Crippen LogP contribution in [0.1, 0.15) is 30.9 Å². The van der Waals surface area contributed by atoms with Crippen LogP contribution >= 0.6 is 0 Å². The maximum atomic E-state index is 13.1. The van der Waals surface area contributed by atoms with Gasteiger partial charge in [-0.1, -0.05) is 30.3 Å².